The van der Waals surface area contributed by atoms with Crippen LogP contribution in [0.2, 0.25) is 0 Å². The summed E-state index contributed by atoms with van der Waals surface area (Å²) in [5.74, 6) is 0.504. The Labute approximate surface area is 116 Å². The second kappa shape index (κ2) is 4.30. The zero-order valence-electron chi connectivity index (χ0n) is 9.65. The van der Waals surface area contributed by atoms with Gasteiger partial charge in [-0.1, -0.05) is 49.4 Å². The van der Waals surface area contributed by atoms with E-state index in [1.165, 1.54) is 25.8 Å². The molecule has 84 valence electrons. The van der Waals surface area contributed by atoms with Crippen LogP contribution in [0.1, 0.15) is 29.5 Å². The van der Waals surface area contributed by atoms with E-state index in [-0.39, 0.29) is 0 Å². The molecule has 0 nitrogen and oxygen atoms in total. The summed E-state index contributed by atoms with van der Waals surface area (Å²) in [7, 11) is 0. The van der Waals surface area contributed by atoms with E-state index >= 15 is 0 Å². The van der Waals surface area contributed by atoms with E-state index in [0.29, 0.717) is 5.92 Å². The van der Waals surface area contributed by atoms with Gasteiger partial charge >= 0.3 is 0 Å². The Morgan fingerprint density at radius 2 is 1.76 bits per heavy atom. The van der Waals surface area contributed by atoms with Crippen LogP contribution in [0.15, 0.2) is 48.5 Å². The summed E-state index contributed by atoms with van der Waals surface area (Å²) in [4.78, 5) is 0. The minimum atomic E-state index is 0.504. The van der Waals surface area contributed by atoms with Gasteiger partial charge in [-0.05, 0) is 57.0 Å². The number of benzene rings is 2. The lowest BCUT2D eigenvalue weighted by atomic mass is 9.93. The van der Waals surface area contributed by atoms with Crippen molar-refractivity contribution in [1.82, 2.24) is 0 Å². The maximum Gasteiger partial charge on any atom is 0.0136 e. The Morgan fingerprint density at radius 1 is 1.00 bits per heavy atom. The SMILES string of the molecule is CC1C(c2ccccc2)=Cc2cc(I)ccc21. The Hall–Kier alpha value is -1.09. The monoisotopic (exact) mass is 332 g/mol. The molecule has 0 fully saturated rings. The summed E-state index contributed by atoms with van der Waals surface area (Å²) in [6, 6.07) is 17.4. The maximum absolute atomic E-state index is 2.37. The molecular weight excluding hydrogens is 319 g/mol. The van der Waals surface area contributed by atoms with E-state index in [2.05, 4.69) is 84.1 Å². The predicted molar refractivity (Wildman–Crippen MR) is 81.9 cm³/mol. The number of hydrogen-bond acceptors (Lipinski definition) is 0. The van der Waals surface area contributed by atoms with E-state index in [1.54, 1.807) is 0 Å². The van der Waals surface area contributed by atoms with Crippen LogP contribution in [0.4, 0.5) is 0 Å². The highest BCUT2D eigenvalue weighted by Gasteiger charge is 2.21. The topological polar surface area (TPSA) is 0 Å². The van der Waals surface area contributed by atoms with Crippen molar-refractivity contribution in [1.29, 1.82) is 0 Å². The van der Waals surface area contributed by atoms with Gasteiger partial charge in [-0.25, -0.2) is 0 Å². The molecule has 3 rings (SSSR count). The van der Waals surface area contributed by atoms with Crippen molar-refractivity contribution in [2.24, 2.45) is 0 Å². The number of rotatable bonds is 1. The molecule has 17 heavy (non-hydrogen) atoms. The first-order valence-corrected chi connectivity index (χ1v) is 6.90. The third-order valence-corrected chi connectivity index (χ3v) is 4.07. The van der Waals surface area contributed by atoms with Crippen molar-refractivity contribution >= 4 is 34.2 Å². The van der Waals surface area contributed by atoms with Crippen molar-refractivity contribution in [3.05, 3.63) is 68.8 Å². The Morgan fingerprint density at radius 3 is 2.53 bits per heavy atom. The normalized spacial score (nSPS) is 17.8. The quantitative estimate of drug-likeness (QED) is 0.648. The van der Waals surface area contributed by atoms with Gasteiger partial charge in [0.05, 0.1) is 0 Å². The average molecular weight is 332 g/mol. The first-order valence-electron chi connectivity index (χ1n) is 5.82. The molecule has 1 heteroatoms. The molecule has 1 atom stereocenters. The van der Waals surface area contributed by atoms with Gasteiger partial charge in [-0.3, -0.25) is 0 Å². The summed E-state index contributed by atoms with van der Waals surface area (Å²) < 4.78 is 1.30. The Bertz CT molecular complexity index is 582. The zero-order chi connectivity index (χ0) is 11.8. The predicted octanol–water partition coefficient (Wildman–Crippen LogP) is 4.95. The molecule has 0 saturated heterocycles. The smallest absolute Gasteiger partial charge is 0.0136 e. The third-order valence-electron chi connectivity index (χ3n) is 3.40. The van der Waals surface area contributed by atoms with Gasteiger partial charge in [0.25, 0.3) is 0 Å². The van der Waals surface area contributed by atoms with Gasteiger partial charge in [-0.15, -0.1) is 0 Å². The van der Waals surface area contributed by atoms with E-state index in [9.17, 15) is 0 Å². The van der Waals surface area contributed by atoms with Crippen LogP contribution in [0.25, 0.3) is 11.6 Å². The molecule has 0 aromatic heterocycles. The zero-order valence-corrected chi connectivity index (χ0v) is 11.8. The highest BCUT2D eigenvalue weighted by molar-refractivity contribution is 14.1. The lowest BCUT2D eigenvalue weighted by Gasteiger charge is -2.11. The van der Waals surface area contributed by atoms with Gasteiger partial charge in [-0.2, -0.15) is 0 Å². The van der Waals surface area contributed by atoms with Gasteiger partial charge in [0.2, 0.25) is 0 Å². The van der Waals surface area contributed by atoms with Crippen LogP contribution in [0.5, 0.6) is 0 Å². The second-order valence-electron chi connectivity index (χ2n) is 4.46. The number of fused-ring (bicyclic) bond motifs is 1. The highest BCUT2D eigenvalue weighted by atomic mass is 127. The summed E-state index contributed by atoms with van der Waals surface area (Å²) in [5.41, 5.74) is 5.60. The summed E-state index contributed by atoms with van der Waals surface area (Å²) in [6.07, 6.45) is 2.33. The largest absolute Gasteiger partial charge is 0.0622 e. The van der Waals surface area contributed by atoms with Crippen LogP contribution in [-0.2, 0) is 0 Å². The van der Waals surface area contributed by atoms with Crippen molar-refractivity contribution in [3.8, 4) is 0 Å². The van der Waals surface area contributed by atoms with E-state index in [4.69, 9.17) is 0 Å². The maximum atomic E-state index is 2.37. The van der Waals surface area contributed by atoms with E-state index < -0.39 is 0 Å². The van der Waals surface area contributed by atoms with Gasteiger partial charge < -0.3 is 0 Å². The molecule has 1 aliphatic rings. The molecule has 0 spiro atoms. The molecule has 0 heterocycles. The van der Waals surface area contributed by atoms with Gasteiger partial charge in [0.15, 0.2) is 0 Å². The van der Waals surface area contributed by atoms with Crippen LogP contribution < -0.4 is 0 Å². The summed E-state index contributed by atoms with van der Waals surface area (Å²) in [6.45, 7) is 2.29. The first kappa shape index (κ1) is 11.0. The van der Waals surface area contributed by atoms with Crippen molar-refractivity contribution < 1.29 is 0 Å². The standard InChI is InChI=1S/C16H13I/c1-11-15-8-7-14(17)9-13(15)10-16(11)12-5-3-2-4-6-12/h2-11H,1H3. The van der Waals surface area contributed by atoms with Crippen LogP contribution in [-0.4, -0.2) is 0 Å². The van der Waals surface area contributed by atoms with E-state index in [1.807, 2.05) is 0 Å². The van der Waals surface area contributed by atoms with Gasteiger partial charge in [0.1, 0.15) is 0 Å². The molecule has 2 aromatic rings. The average Bonchev–Trinajstić information content (AvgIpc) is 2.67. The van der Waals surface area contributed by atoms with Crippen LogP contribution >= 0.6 is 22.6 Å². The molecule has 1 unspecified atom stereocenters. The molecule has 0 amide bonds. The number of allylic oxidation sites excluding steroid dienone is 1. The summed E-state index contributed by atoms with van der Waals surface area (Å²) >= 11 is 2.37. The molecule has 0 N–H and O–H groups in total. The van der Waals surface area contributed by atoms with Crippen molar-refractivity contribution in [3.63, 3.8) is 0 Å². The second-order valence-corrected chi connectivity index (χ2v) is 5.71. The fraction of sp³-hybridized carbons (Fsp3) is 0.125. The highest BCUT2D eigenvalue weighted by Crippen LogP contribution is 2.41. The molecule has 0 saturated carbocycles. The number of halogens is 1. The number of hydrogen-bond donors (Lipinski definition) is 0. The van der Waals surface area contributed by atoms with Crippen molar-refractivity contribution in [2.45, 2.75) is 12.8 Å². The molecule has 2 aromatic carbocycles. The molecular formula is C16H13I. The third kappa shape index (κ3) is 1.93. The van der Waals surface area contributed by atoms with Gasteiger partial charge in [0, 0.05) is 9.49 Å². The summed E-state index contributed by atoms with van der Waals surface area (Å²) in [5, 5.41) is 0. The fourth-order valence-electron chi connectivity index (χ4n) is 2.49. The molecule has 0 bridgehead atoms. The first-order chi connectivity index (χ1) is 8.25. The van der Waals surface area contributed by atoms with Crippen molar-refractivity contribution in [2.75, 3.05) is 0 Å². The van der Waals surface area contributed by atoms with Crippen LogP contribution in [0, 0.1) is 3.57 Å². The lowest BCUT2D eigenvalue weighted by Crippen LogP contribution is -1.93. The minimum absolute atomic E-state index is 0.504. The fourth-order valence-corrected chi connectivity index (χ4v) is 3.00. The minimum Gasteiger partial charge on any atom is -0.0622 e. The molecule has 1 aliphatic carbocycles. The Balaban J connectivity index is 2.09. The molecule has 0 aliphatic heterocycles. The van der Waals surface area contributed by atoms with E-state index in [0.717, 1.165) is 0 Å². The molecule has 0 radical (unpaired) electrons. The van der Waals surface area contributed by atoms with Crippen LogP contribution in [0.3, 0.4) is 0 Å². The Kier molecular flexibility index (Phi) is 2.79. The lowest BCUT2D eigenvalue weighted by molar-refractivity contribution is 1.01.